The van der Waals surface area contributed by atoms with Crippen LogP contribution in [0.4, 0.5) is 0 Å². The topological polar surface area (TPSA) is 495 Å². The fraction of sp³-hybridized carbons (Fsp3) is 0. The second-order valence-electron chi connectivity index (χ2n) is 0.408. The van der Waals surface area contributed by atoms with Gasteiger partial charge in [0.05, 0.1) is 0 Å². The summed E-state index contributed by atoms with van der Waals surface area (Å²) in [5.41, 5.74) is 0. The molecule has 0 aliphatic rings. The first-order valence-corrected chi connectivity index (χ1v) is 2.00. The molecule has 28 N–H and O–H groups in total. The van der Waals surface area contributed by atoms with Gasteiger partial charge in [-0.25, -0.2) is 0 Å². The quantitative estimate of drug-likeness (QED) is 0.240. The van der Waals surface area contributed by atoms with Crippen LogP contribution in [0, 0.1) is 0 Å². The molecule has 0 aromatic heterocycles. The van der Waals surface area contributed by atoms with Crippen molar-refractivity contribution in [2.75, 3.05) is 0 Å². The SMILES string of the molecule is O.O.O.O.O.O.O.O.O.O.O.O.O=S(=O)([O-])[O-].[Fe].[NH4+]. The number of hydrogen-bond acceptors (Lipinski definition) is 4. The summed E-state index contributed by atoms with van der Waals surface area (Å²) in [4.78, 5) is 0. The predicted octanol–water partition coefficient (Wildman–Crippen LogP) is -10.9. The molecule has 0 unspecified atom stereocenters. The average Bonchev–Trinajstić information content (AvgIpc) is 0.722. The molecule has 144 valence electrons. The Morgan fingerprint density at radius 3 is 0.474 bits per heavy atom. The molecule has 17 nitrogen and oxygen atoms in total. The maximum absolute atomic E-state index is 8.52. The molecule has 0 saturated heterocycles. The zero-order valence-electron chi connectivity index (χ0n) is 9.39. The van der Waals surface area contributed by atoms with Crippen molar-refractivity contribution < 1.29 is 100 Å². The second-order valence-corrected chi connectivity index (χ2v) is 1.22. The van der Waals surface area contributed by atoms with Crippen LogP contribution in [0.2, 0.25) is 0 Å². The minimum absolute atomic E-state index is 0. The van der Waals surface area contributed by atoms with E-state index in [0.717, 1.165) is 0 Å². The van der Waals surface area contributed by atoms with Crippen LogP contribution < -0.4 is 6.15 Å². The third-order valence-corrected chi connectivity index (χ3v) is 0. The van der Waals surface area contributed by atoms with Gasteiger partial charge in [0.25, 0.3) is 0 Å². The van der Waals surface area contributed by atoms with Crippen LogP contribution in [0.1, 0.15) is 0 Å². The van der Waals surface area contributed by atoms with Gasteiger partial charge in [-0.15, -0.1) is 0 Å². The van der Waals surface area contributed by atoms with E-state index in [2.05, 4.69) is 0 Å². The second kappa shape index (κ2) is 148. The Morgan fingerprint density at radius 2 is 0.474 bits per heavy atom. The van der Waals surface area contributed by atoms with Crippen molar-refractivity contribution in [3.05, 3.63) is 0 Å². The van der Waals surface area contributed by atoms with Gasteiger partial charge in [0.1, 0.15) is 0 Å². The van der Waals surface area contributed by atoms with Crippen molar-refractivity contribution in [2.24, 2.45) is 0 Å². The smallest absolute Gasteiger partial charge is 0.0311 e. The van der Waals surface area contributed by atoms with Gasteiger partial charge in [-0.2, -0.15) is 0 Å². The summed E-state index contributed by atoms with van der Waals surface area (Å²) in [5.74, 6) is 0. The van der Waals surface area contributed by atoms with Gasteiger partial charge in [0.15, 0.2) is 0 Å². The van der Waals surface area contributed by atoms with Crippen LogP contribution >= 0.6 is 0 Å². The van der Waals surface area contributed by atoms with Crippen molar-refractivity contribution in [2.45, 2.75) is 0 Å². The molecule has 0 aliphatic heterocycles. The molecule has 0 aliphatic carbocycles. The molecule has 0 atom stereocenters. The van der Waals surface area contributed by atoms with Crippen LogP contribution in [0.15, 0.2) is 0 Å². The van der Waals surface area contributed by atoms with Crippen molar-refractivity contribution >= 4 is 10.4 Å². The van der Waals surface area contributed by atoms with Gasteiger partial charge < -0.3 is 81.0 Å². The largest absolute Gasteiger partial charge is 0.759 e. The van der Waals surface area contributed by atoms with Crippen LogP contribution in [-0.4, -0.2) is 83.2 Å². The summed E-state index contributed by atoms with van der Waals surface area (Å²) in [5, 5.41) is 0. The first kappa shape index (κ1) is 402. The molecule has 0 radical (unpaired) electrons. The van der Waals surface area contributed by atoms with Crippen LogP contribution in [0.25, 0.3) is 0 Å². The fourth-order valence-corrected chi connectivity index (χ4v) is 0. The van der Waals surface area contributed by atoms with Gasteiger partial charge in [-0.3, -0.25) is 8.42 Å². The molecule has 0 fully saturated rings. The summed E-state index contributed by atoms with van der Waals surface area (Å²) in [6.45, 7) is 0. The molecular formula is H28FeNO16S-. The molecule has 19 heavy (non-hydrogen) atoms. The molecule has 0 saturated carbocycles. The monoisotopic (exact) mass is 386 g/mol. The third kappa shape index (κ3) is 264000. The Morgan fingerprint density at radius 1 is 0.474 bits per heavy atom. The Hall–Kier alpha value is -0.131. The Labute approximate surface area is 118 Å². The Kier molecular flexibility index (Phi) is 3130. The molecule has 0 amide bonds. The van der Waals surface area contributed by atoms with Gasteiger partial charge in [-0.05, 0) is 0 Å². The molecule has 0 heterocycles. The van der Waals surface area contributed by atoms with Crippen LogP contribution in [0.5, 0.6) is 0 Å². The summed E-state index contributed by atoms with van der Waals surface area (Å²) >= 11 is 0. The van der Waals surface area contributed by atoms with Crippen LogP contribution in [0.3, 0.4) is 0 Å². The summed E-state index contributed by atoms with van der Waals surface area (Å²) in [7, 11) is -5.17. The van der Waals surface area contributed by atoms with E-state index in [4.69, 9.17) is 17.5 Å². The van der Waals surface area contributed by atoms with Gasteiger partial charge in [0.2, 0.25) is 0 Å². The number of hydrogen-bond donors (Lipinski definition) is 1. The molecule has 19 heteroatoms. The summed E-state index contributed by atoms with van der Waals surface area (Å²) in [6.07, 6.45) is 0. The van der Waals surface area contributed by atoms with Crippen molar-refractivity contribution in [1.82, 2.24) is 6.15 Å². The van der Waals surface area contributed by atoms with E-state index in [-0.39, 0.29) is 88.9 Å². The maximum atomic E-state index is 8.52. The first-order valence-electron chi connectivity index (χ1n) is 0.667. The van der Waals surface area contributed by atoms with E-state index in [9.17, 15) is 0 Å². The average molecular weight is 386 g/mol. The van der Waals surface area contributed by atoms with E-state index in [1.54, 1.807) is 0 Å². The first-order chi connectivity index (χ1) is 2.00. The van der Waals surface area contributed by atoms with E-state index >= 15 is 0 Å². The maximum Gasteiger partial charge on any atom is 0.0311 e. The molecule has 0 spiro atoms. The van der Waals surface area contributed by atoms with E-state index in [0.29, 0.717) is 0 Å². The Bertz CT molecular complexity index is 99.9. The zero-order valence-corrected chi connectivity index (χ0v) is 11.3. The van der Waals surface area contributed by atoms with Crippen molar-refractivity contribution in [3.8, 4) is 0 Å². The van der Waals surface area contributed by atoms with E-state index in [1.165, 1.54) is 0 Å². The summed E-state index contributed by atoms with van der Waals surface area (Å²) in [6, 6.07) is 0. The number of quaternary nitrogens is 1. The standard InChI is InChI=1S/Fe.H3N.H2O4S.12H2O/c;;1-5(2,3)4;;;;;;;;;;;;/h;1H3;(H2,1,2,3,4);12*1H2/p-1. The minimum Gasteiger partial charge on any atom is -0.759 e. The van der Waals surface area contributed by atoms with Crippen molar-refractivity contribution in [3.63, 3.8) is 0 Å². The van der Waals surface area contributed by atoms with E-state index in [1.807, 2.05) is 0 Å². The third-order valence-electron chi connectivity index (χ3n) is 0. The van der Waals surface area contributed by atoms with Crippen molar-refractivity contribution in [1.29, 1.82) is 0 Å². The minimum atomic E-state index is -5.17. The summed E-state index contributed by atoms with van der Waals surface area (Å²) < 4.78 is 34.1. The zero-order chi connectivity index (χ0) is 4.50. The van der Waals surface area contributed by atoms with Gasteiger partial charge in [0, 0.05) is 27.5 Å². The van der Waals surface area contributed by atoms with E-state index < -0.39 is 10.4 Å². The molecular weight excluding hydrogens is 358 g/mol. The molecule has 0 rings (SSSR count). The Balaban J connectivity index is -0.000000000879. The normalized spacial score (nSPS) is 3.05. The molecule has 0 aromatic carbocycles. The van der Waals surface area contributed by atoms with Gasteiger partial charge >= 0.3 is 0 Å². The number of rotatable bonds is 0. The van der Waals surface area contributed by atoms with Gasteiger partial charge in [-0.1, -0.05) is 0 Å². The molecule has 0 aromatic rings. The molecule has 0 bridgehead atoms. The van der Waals surface area contributed by atoms with Crippen LogP contribution in [-0.2, 0) is 27.5 Å². The fourth-order valence-electron chi connectivity index (χ4n) is 0. The predicted molar refractivity (Wildman–Crippen MR) is 59.8 cm³/mol.